The maximum atomic E-state index is 11.6. The summed E-state index contributed by atoms with van der Waals surface area (Å²) in [5, 5.41) is 0.576. The van der Waals surface area contributed by atoms with Crippen molar-refractivity contribution in [1.29, 1.82) is 0 Å². The summed E-state index contributed by atoms with van der Waals surface area (Å²) in [4.78, 5) is 22.2. The number of halogens is 3. The lowest BCUT2D eigenvalue weighted by molar-refractivity contribution is -0.143. The SMILES string of the molecule is Cc1cc(Cl)ccc1OC(=O)CCCC(=O)OCC(Cl)Cl. The van der Waals surface area contributed by atoms with Gasteiger partial charge in [0.05, 0.1) is 0 Å². The lowest BCUT2D eigenvalue weighted by atomic mass is 10.2. The van der Waals surface area contributed by atoms with E-state index in [0.29, 0.717) is 17.2 Å². The van der Waals surface area contributed by atoms with Gasteiger partial charge in [-0.25, -0.2) is 0 Å². The summed E-state index contributed by atoms with van der Waals surface area (Å²) in [6.07, 6.45) is 0.553. The Morgan fingerprint density at radius 2 is 1.86 bits per heavy atom. The molecule has 4 nitrogen and oxygen atoms in total. The van der Waals surface area contributed by atoms with Gasteiger partial charge in [-0.2, -0.15) is 0 Å². The van der Waals surface area contributed by atoms with Gasteiger partial charge in [0.1, 0.15) is 17.2 Å². The number of alkyl halides is 2. The average Bonchev–Trinajstić information content (AvgIpc) is 2.39. The monoisotopic (exact) mass is 352 g/mol. The van der Waals surface area contributed by atoms with Gasteiger partial charge in [-0.05, 0) is 37.1 Å². The van der Waals surface area contributed by atoms with Crippen molar-refractivity contribution in [2.24, 2.45) is 0 Å². The van der Waals surface area contributed by atoms with Crippen LogP contribution in [-0.2, 0) is 14.3 Å². The quantitative estimate of drug-likeness (QED) is 0.421. The van der Waals surface area contributed by atoms with Crippen LogP contribution in [0.3, 0.4) is 0 Å². The molecule has 0 saturated heterocycles. The van der Waals surface area contributed by atoms with Crippen LogP contribution in [-0.4, -0.2) is 23.4 Å². The van der Waals surface area contributed by atoms with Gasteiger partial charge < -0.3 is 9.47 Å². The number of ether oxygens (including phenoxy) is 2. The molecule has 0 unspecified atom stereocenters. The van der Waals surface area contributed by atoms with E-state index in [1.165, 1.54) is 0 Å². The molecule has 0 aliphatic rings. The number of hydrogen-bond acceptors (Lipinski definition) is 4. The first-order chi connectivity index (χ1) is 9.88. The van der Waals surface area contributed by atoms with Crippen LogP contribution in [0.5, 0.6) is 5.75 Å². The average molecular weight is 354 g/mol. The molecule has 0 N–H and O–H groups in total. The second-order valence-corrected chi connectivity index (χ2v) is 6.03. The highest BCUT2D eigenvalue weighted by Gasteiger charge is 2.11. The summed E-state index contributed by atoms with van der Waals surface area (Å²) in [6, 6.07) is 4.98. The molecule has 0 atom stereocenters. The van der Waals surface area contributed by atoms with E-state index in [1.807, 2.05) is 0 Å². The molecule has 7 heteroatoms. The fourth-order valence-electron chi connectivity index (χ4n) is 1.51. The molecule has 1 rings (SSSR count). The molecule has 0 saturated carbocycles. The van der Waals surface area contributed by atoms with E-state index in [0.717, 1.165) is 5.56 Å². The van der Waals surface area contributed by atoms with Crippen molar-refractivity contribution in [3.05, 3.63) is 28.8 Å². The molecule has 21 heavy (non-hydrogen) atoms. The van der Waals surface area contributed by atoms with Crippen LogP contribution < -0.4 is 4.74 Å². The van der Waals surface area contributed by atoms with Crippen LogP contribution >= 0.6 is 34.8 Å². The molecule has 0 aliphatic heterocycles. The van der Waals surface area contributed by atoms with Crippen molar-refractivity contribution >= 4 is 46.7 Å². The van der Waals surface area contributed by atoms with Gasteiger partial charge >= 0.3 is 11.9 Å². The number of carbonyl (C=O) groups is 2. The minimum atomic E-state index is -0.744. The van der Waals surface area contributed by atoms with Crippen LogP contribution in [0, 0.1) is 6.92 Å². The molecule has 0 heterocycles. The van der Waals surface area contributed by atoms with E-state index >= 15 is 0 Å². The van der Waals surface area contributed by atoms with Gasteiger partial charge in [-0.3, -0.25) is 9.59 Å². The largest absolute Gasteiger partial charge is 0.463 e. The normalized spacial score (nSPS) is 10.5. The van der Waals surface area contributed by atoms with Crippen LogP contribution in [0.25, 0.3) is 0 Å². The summed E-state index contributed by atoms with van der Waals surface area (Å²) < 4.78 is 9.95. The Morgan fingerprint density at radius 3 is 2.48 bits per heavy atom. The molecule has 1 aromatic carbocycles. The number of rotatable bonds is 7. The zero-order valence-electron chi connectivity index (χ0n) is 11.4. The Labute approximate surface area is 138 Å². The van der Waals surface area contributed by atoms with Gasteiger partial charge in [0.15, 0.2) is 0 Å². The van der Waals surface area contributed by atoms with Crippen molar-refractivity contribution in [1.82, 2.24) is 0 Å². The fourth-order valence-corrected chi connectivity index (χ4v) is 1.86. The van der Waals surface area contributed by atoms with Crippen LogP contribution in [0.1, 0.15) is 24.8 Å². The van der Waals surface area contributed by atoms with E-state index in [2.05, 4.69) is 0 Å². The van der Waals surface area contributed by atoms with Crippen molar-refractivity contribution in [3.8, 4) is 5.75 Å². The van der Waals surface area contributed by atoms with Gasteiger partial charge in [0.2, 0.25) is 0 Å². The third kappa shape index (κ3) is 7.55. The molecule has 0 spiro atoms. The van der Waals surface area contributed by atoms with E-state index in [9.17, 15) is 9.59 Å². The standard InChI is InChI=1S/C14H15Cl3O4/c1-9-7-10(15)5-6-11(9)21-14(19)4-2-3-13(18)20-8-12(16)17/h5-7,12H,2-4,8H2,1H3. The summed E-state index contributed by atoms with van der Waals surface area (Å²) in [5.74, 6) is -0.406. The molecular weight excluding hydrogens is 339 g/mol. The van der Waals surface area contributed by atoms with Gasteiger partial charge in [0, 0.05) is 17.9 Å². The van der Waals surface area contributed by atoms with Crippen LogP contribution in [0.4, 0.5) is 0 Å². The third-order valence-corrected chi connectivity index (χ3v) is 2.98. The summed E-state index contributed by atoms with van der Waals surface area (Å²) in [7, 11) is 0. The topological polar surface area (TPSA) is 52.6 Å². The Morgan fingerprint density at radius 1 is 1.19 bits per heavy atom. The first kappa shape index (κ1) is 18.1. The van der Waals surface area contributed by atoms with E-state index < -0.39 is 16.8 Å². The lowest BCUT2D eigenvalue weighted by Crippen LogP contribution is -2.12. The molecule has 0 bridgehead atoms. The molecule has 116 valence electrons. The Balaban J connectivity index is 2.29. The first-order valence-corrected chi connectivity index (χ1v) is 7.54. The van der Waals surface area contributed by atoms with Gasteiger partial charge in [0.25, 0.3) is 0 Å². The Bertz CT molecular complexity index is 503. The fraction of sp³-hybridized carbons (Fsp3) is 0.429. The van der Waals surface area contributed by atoms with Crippen molar-refractivity contribution in [2.45, 2.75) is 31.0 Å². The number of carbonyl (C=O) groups excluding carboxylic acids is 2. The maximum absolute atomic E-state index is 11.6. The minimum absolute atomic E-state index is 0.0592. The molecule has 0 radical (unpaired) electrons. The van der Waals surface area contributed by atoms with Crippen molar-refractivity contribution in [2.75, 3.05) is 6.61 Å². The third-order valence-electron chi connectivity index (χ3n) is 2.49. The van der Waals surface area contributed by atoms with Gasteiger partial charge in [-0.1, -0.05) is 11.6 Å². The predicted molar refractivity (Wildman–Crippen MR) is 82.1 cm³/mol. The Kier molecular flexibility index (Phi) is 7.86. The minimum Gasteiger partial charge on any atom is -0.463 e. The lowest BCUT2D eigenvalue weighted by Gasteiger charge is -2.08. The van der Waals surface area contributed by atoms with Crippen molar-refractivity contribution < 1.29 is 19.1 Å². The number of esters is 2. The van der Waals surface area contributed by atoms with E-state index in [-0.39, 0.29) is 19.4 Å². The first-order valence-electron chi connectivity index (χ1n) is 6.29. The highest BCUT2D eigenvalue weighted by atomic mass is 35.5. The summed E-state index contributed by atoms with van der Waals surface area (Å²) in [5.41, 5.74) is 0.769. The second-order valence-electron chi connectivity index (χ2n) is 4.31. The molecule has 0 amide bonds. The smallest absolute Gasteiger partial charge is 0.311 e. The molecule has 0 aromatic heterocycles. The van der Waals surface area contributed by atoms with Crippen LogP contribution in [0.15, 0.2) is 18.2 Å². The van der Waals surface area contributed by atoms with Crippen LogP contribution in [0.2, 0.25) is 5.02 Å². The van der Waals surface area contributed by atoms with Gasteiger partial charge in [-0.15, -0.1) is 23.2 Å². The molecular formula is C14H15Cl3O4. The highest BCUT2D eigenvalue weighted by molar-refractivity contribution is 6.44. The Hall–Kier alpha value is -0.970. The van der Waals surface area contributed by atoms with Crippen molar-refractivity contribution in [3.63, 3.8) is 0 Å². The molecule has 1 aromatic rings. The zero-order chi connectivity index (χ0) is 15.8. The number of benzene rings is 1. The molecule has 0 aliphatic carbocycles. The van der Waals surface area contributed by atoms with E-state index in [1.54, 1.807) is 25.1 Å². The van der Waals surface area contributed by atoms with E-state index in [4.69, 9.17) is 44.3 Å². The number of hydrogen-bond donors (Lipinski definition) is 0. The summed E-state index contributed by atoms with van der Waals surface area (Å²) >= 11 is 16.7. The summed E-state index contributed by atoms with van der Waals surface area (Å²) in [6.45, 7) is 1.73. The maximum Gasteiger partial charge on any atom is 0.311 e. The predicted octanol–water partition coefficient (Wildman–Crippen LogP) is 4.07. The second kappa shape index (κ2) is 9.13. The number of aryl methyl sites for hydroxylation is 1. The zero-order valence-corrected chi connectivity index (χ0v) is 13.7. The molecule has 0 fully saturated rings. The highest BCUT2D eigenvalue weighted by Crippen LogP contribution is 2.22.